The highest BCUT2D eigenvalue weighted by atomic mass is 16.5. The molecule has 0 aromatic heterocycles. The van der Waals surface area contributed by atoms with Crippen LogP contribution in [-0.2, 0) is 16.0 Å². The molecule has 0 saturated heterocycles. The molecule has 0 bridgehead atoms. The lowest BCUT2D eigenvalue weighted by Crippen LogP contribution is -2.14. The smallest absolute Gasteiger partial charge is 0.303 e. The minimum atomic E-state index is -0.987. The van der Waals surface area contributed by atoms with E-state index in [1.807, 2.05) is 19.1 Å². The number of aliphatic carboxylic acids is 1. The topological polar surface area (TPSA) is 75.6 Å². The maximum absolute atomic E-state index is 11.6. The quantitative estimate of drug-likeness (QED) is 0.811. The van der Waals surface area contributed by atoms with Crippen LogP contribution in [0.3, 0.4) is 0 Å². The van der Waals surface area contributed by atoms with Crippen LogP contribution in [0.1, 0.15) is 25.3 Å². The second-order valence-corrected chi connectivity index (χ2v) is 3.83. The van der Waals surface area contributed by atoms with Gasteiger partial charge in [-0.3, -0.25) is 9.59 Å². The number of ether oxygens (including phenoxy) is 1. The fraction of sp³-hybridized carbons (Fsp3) is 0.385. The number of methoxy groups -OCH3 is 1. The summed E-state index contributed by atoms with van der Waals surface area (Å²) in [7, 11) is 1.52. The van der Waals surface area contributed by atoms with Crippen LogP contribution in [0, 0.1) is 0 Å². The minimum Gasteiger partial charge on any atom is -0.495 e. The van der Waals surface area contributed by atoms with E-state index in [4.69, 9.17) is 9.84 Å². The molecule has 5 heteroatoms. The molecule has 5 nitrogen and oxygen atoms in total. The molecule has 1 rings (SSSR count). The van der Waals surface area contributed by atoms with Crippen LogP contribution < -0.4 is 10.1 Å². The highest BCUT2D eigenvalue weighted by molar-refractivity contribution is 5.93. The maximum Gasteiger partial charge on any atom is 0.303 e. The molecule has 1 amide bonds. The third-order valence-electron chi connectivity index (χ3n) is 2.51. The fourth-order valence-electron chi connectivity index (χ4n) is 1.51. The number of benzene rings is 1. The Morgan fingerprint density at radius 3 is 2.61 bits per heavy atom. The Labute approximate surface area is 106 Å². The van der Waals surface area contributed by atoms with E-state index >= 15 is 0 Å². The number of aryl methyl sites for hydroxylation is 1. The molecule has 0 heterocycles. The van der Waals surface area contributed by atoms with E-state index in [0.717, 1.165) is 12.0 Å². The van der Waals surface area contributed by atoms with Crippen LogP contribution in [0.25, 0.3) is 0 Å². The van der Waals surface area contributed by atoms with Gasteiger partial charge in [-0.25, -0.2) is 0 Å². The molecule has 0 aliphatic rings. The fourth-order valence-corrected chi connectivity index (χ4v) is 1.51. The predicted molar refractivity (Wildman–Crippen MR) is 67.9 cm³/mol. The van der Waals surface area contributed by atoms with Gasteiger partial charge in [-0.1, -0.05) is 13.0 Å². The molecule has 2 N–H and O–H groups in total. The van der Waals surface area contributed by atoms with Gasteiger partial charge in [-0.05, 0) is 24.1 Å². The Morgan fingerprint density at radius 1 is 1.33 bits per heavy atom. The lowest BCUT2D eigenvalue weighted by molar-refractivity contribution is -0.138. The number of hydrogen-bond donors (Lipinski definition) is 2. The van der Waals surface area contributed by atoms with Crippen molar-refractivity contribution in [3.05, 3.63) is 23.8 Å². The van der Waals surface area contributed by atoms with E-state index in [-0.39, 0.29) is 18.7 Å². The van der Waals surface area contributed by atoms with Gasteiger partial charge in [0, 0.05) is 6.42 Å². The Kier molecular flexibility index (Phi) is 5.17. The van der Waals surface area contributed by atoms with Gasteiger partial charge in [-0.15, -0.1) is 0 Å². The van der Waals surface area contributed by atoms with Crippen LogP contribution in [0.5, 0.6) is 5.75 Å². The Bertz CT molecular complexity index is 443. The SMILES string of the molecule is CCc1ccc(OC)c(NC(=O)CCC(=O)O)c1. The molecule has 0 spiro atoms. The van der Waals surface area contributed by atoms with Crippen molar-refractivity contribution >= 4 is 17.6 Å². The summed E-state index contributed by atoms with van der Waals surface area (Å²) in [4.78, 5) is 21.9. The van der Waals surface area contributed by atoms with Gasteiger partial charge in [0.05, 0.1) is 19.2 Å². The summed E-state index contributed by atoms with van der Waals surface area (Å²) in [6.07, 6.45) is 0.623. The second-order valence-electron chi connectivity index (χ2n) is 3.83. The van der Waals surface area contributed by atoms with E-state index in [0.29, 0.717) is 11.4 Å². The number of hydrogen-bond acceptors (Lipinski definition) is 3. The molecule has 0 saturated carbocycles. The summed E-state index contributed by atoms with van der Waals surface area (Å²) in [5.74, 6) is -0.751. The predicted octanol–water partition coefficient (Wildman–Crippen LogP) is 2.06. The van der Waals surface area contributed by atoms with Gasteiger partial charge in [0.2, 0.25) is 5.91 Å². The molecular weight excluding hydrogens is 234 g/mol. The van der Waals surface area contributed by atoms with Crippen molar-refractivity contribution in [1.29, 1.82) is 0 Å². The number of anilines is 1. The summed E-state index contributed by atoms with van der Waals surface area (Å²) in [5.41, 5.74) is 1.65. The molecule has 0 aliphatic carbocycles. The first kappa shape index (κ1) is 14.0. The van der Waals surface area contributed by atoms with Crippen LogP contribution in [0.15, 0.2) is 18.2 Å². The number of carbonyl (C=O) groups excluding carboxylic acids is 1. The number of carboxylic acid groups (broad SMARTS) is 1. The lowest BCUT2D eigenvalue weighted by atomic mass is 10.1. The number of carboxylic acids is 1. The highest BCUT2D eigenvalue weighted by Crippen LogP contribution is 2.25. The van der Waals surface area contributed by atoms with Crippen molar-refractivity contribution in [2.45, 2.75) is 26.2 Å². The monoisotopic (exact) mass is 251 g/mol. The Balaban J connectivity index is 2.75. The van der Waals surface area contributed by atoms with Crippen molar-refractivity contribution in [3.63, 3.8) is 0 Å². The molecule has 98 valence electrons. The lowest BCUT2D eigenvalue weighted by Gasteiger charge is -2.11. The first-order valence-corrected chi connectivity index (χ1v) is 5.75. The molecule has 0 unspecified atom stereocenters. The van der Waals surface area contributed by atoms with E-state index in [1.54, 1.807) is 6.07 Å². The first-order chi connectivity index (χ1) is 8.56. The third-order valence-corrected chi connectivity index (χ3v) is 2.51. The van der Waals surface area contributed by atoms with Crippen LogP contribution in [0.4, 0.5) is 5.69 Å². The van der Waals surface area contributed by atoms with E-state index in [9.17, 15) is 9.59 Å². The Morgan fingerprint density at radius 2 is 2.06 bits per heavy atom. The standard InChI is InChI=1S/C13H17NO4/c1-3-9-4-5-11(18-2)10(8-9)14-12(15)6-7-13(16)17/h4-5,8H,3,6-7H2,1-2H3,(H,14,15)(H,16,17). The van der Waals surface area contributed by atoms with Gasteiger partial charge in [0.25, 0.3) is 0 Å². The van der Waals surface area contributed by atoms with Crippen LogP contribution in [0.2, 0.25) is 0 Å². The number of nitrogens with one attached hydrogen (secondary N) is 1. The molecule has 18 heavy (non-hydrogen) atoms. The summed E-state index contributed by atoms with van der Waals surface area (Å²) < 4.78 is 5.14. The Hall–Kier alpha value is -2.04. The summed E-state index contributed by atoms with van der Waals surface area (Å²) >= 11 is 0. The van der Waals surface area contributed by atoms with Crippen molar-refractivity contribution in [1.82, 2.24) is 0 Å². The minimum absolute atomic E-state index is 0.0468. The number of rotatable bonds is 6. The average Bonchev–Trinajstić information content (AvgIpc) is 2.36. The number of carbonyl (C=O) groups is 2. The molecular formula is C13H17NO4. The van der Waals surface area contributed by atoms with Crippen molar-refractivity contribution in [2.75, 3.05) is 12.4 Å². The van der Waals surface area contributed by atoms with Gasteiger partial charge in [-0.2, -0.15) is 0 Å². The van der Waals surface area contributed by atoms with Gasteiger partial charge in [0.15, 0.2) is 0 Å². The molecule has 0 fully saturated rings. The second kappa shape index (κ2) is 6.64. The van der Waals surface area contributed by atoms with E-state index in [2.05, 4.69) is 5.32 Å². The average molecular weight is 251 g/mol. The zero-order valence-electron chi connectivity index (χ0n) is 10.5. The molecule has 1 aromatic rings. The maximum atomic E-state index is 11.6. The molecule has 1 aromatic carbocycles. The van der Waals surface area contributed by atoms with Crippen molar-refractivity contribution in [2.24, 2.45) is 0 Å². The van der Waals surface area contributed by atoms with Crippen molar-refractivity contribution < 1.29 is 19.4 Å². The number of amides is 1. The zero-order valence-corrected chi connectivity index (χ0v) is 10.5. The molecule has 0 radical (unpaired) electrons. The normalized spacial score (nSPS) is 9.89. The van der Waals surface area contributed by atoms with Crippen molar-refractivity contribution in [3.8, 4) is 5.75 Å². The largest absolute Gasteiger partial charge is 0.495 e. The van der Waals surface area contributed by atoms with Gasteiger partial charge >= 0.3 is 5.97 Å². The highest BCUT2D eigenvalue weighted by Gasteiger charge is 2.09. The summed E-state index contributed by atoms with van der Waals surface area (Å²) in [6.45, 7) is 2.01. The first-order valence-electron chi connectivity index (χ1n) is 5.75. The zero-order chi connectivity index (χ0) is 13.5. The molecule has 0 atom stereocenters. The van der Waals surface area contributed by atoms with Crippen LogP contribution in [-0.4, -0.2) is 24.1 Å². The van der Waals surface area contributed by atoms with Gasteiger partial charge in [0.1, 0.15) is 5.75 Å². The summed E-state index contributed by atoms with van der Waals surface area (Å²) in [6, 6.07) is 5.54. The van der Waals surface area contributed by atoms with Gasteiger partial charge < -0.3 is 15.2 Å². The molecule has 0 aliphatic heterocycles. The van der Waals surface area contributed by atoms with E-state index < -0.39 is 5.97 Å². The van der Waals surface area contributed by atoms with E-state index in [1.165, 1.54) is 7.11 Å². The summed E-state index contributed by atoms with van der Waals surface area (Å²) in [5, 5.41) is 11.2. The van der Waals surface area contributed by atoms with Crippen LogP contribution >= 0.6 is 0 Å². The third kappa shape index (κ3) is 4.08.